The monoisotopic (exact) mass is 183 g/mol. The molecule has 4 heteroatoms. The normalized spacial score (nSPS) is 10.6. The number of aryl methyl sites for hydroxylation is 1. The molecular formula is C9H17N3O. The van der Waals surface area contributed by atoms with Gasteiger partial charge in [0.15, 0.2) is 0 Å². The maximum atomic E-state index is 5.38. The Balaban J connectivity index is 2.20. The second-order valence-electron chi connectivity index (χ2n) is 2.90. The number of nitrogens with zero attached hydrogens (tertiary/aromatic N) is 2. The van der Waals surface area contributed by atoms with Crippen molar-refractivity contribution in [2.45, 2.75) is 26.5 Å². The van der Waals surface area contributed by atoms with Crippen LogP contribution in [0, 0.1) is 0 Å². The minimum absolute atomic E-state index is 0.639. The Morgan fingerprint density at radius 1 is 1.62 bits per heavy atom. The molecule has 74 valence electrons. The lowest BCUT2D eigenvalue weighted by atomic mass is 10.4. The van der Waals surface area contributed by atoms with Crippen molar-refractivity contribution in [1.29, 1.82) is 0 Å². The van der Waals surface area contributed by atoms with E-state index in [2.05, 4.69) is 12.0 Å². The van der Waals surface area contributed by atoms with Crippen LogP contribution in [0.3, 0.4) is 0 Å². The summed E-state index contributed by atoms with van der Waals surface area (Å²) < 4.78 is 7.28. The van der Waals surface area contributed by atoms with E-state index in [0.717, 1.165) is 25.1 Å². The van der Waals surface area contributed by atoms with Crippen LogP contribution < -0.4 is 5.73 Å². The molecule has 1 heterocycles. The summed E-state index contributed by atoms with van der Waals surface area (Å²) in [7, 11) is 0. The zero-order valence-corrected chi connectivity index (χ0v) is 8.07. The lowest BCUT2D eigenvalue weighted by molar-refractivity contribution is 0.120. The Labute approximate surface area is 78.7 Å². The molecule has 0 aliphatic carbocycles. The van der Waals surface area contributed by atoms with Crippen LogP contribution in [0.15, 0.2) is 12.4 Å². The minimum atomic E-state index is 0.639. The Bertz CT molecular complexity index is 235. The summed E-state index contributed by atoms with van der Waals surface area (Å²) in [4.78, 5) is 0. The first kappa shape index (κ1) is 10.2. The van der Waals surface area contributed by atoms with Crippen LogP contribution >= 0.6 is 0 Å². The van der Waals surface area contributed by atoms with Gasteiger partial charge in [-0.1, -0.05) is 0 Å². The van der Waals surface area contributed by atoms with E-state index >= 15 is 0 Å². The van der Waals surface area contributed by atoms with Gasteiger partial charge in [0.1, 0.15) is 0 Å². The highest BCUT2D eigenvalue weighted by atomic mass is 16.5. The van der Waals surface area contributed by atoms with Gasteiger partial charge >= 0.3 is 0 Å². The molecule has 2 N–H and O–H groups in total. The van der Waals surface area contributed by atoms with Gasteiger partial charge in [-0.25, -0.2) is 0 Å². The van der Waals surface area contributed by atoms with Gasteiger partial charge in [-0.15, -0.1) is 0 Å². The van der Waals surface area contributed by atoms with Crippen molar-refractivity contribution in [1.82, 2.24) is 9.78 Å². The fourth-order valence-corrected chi connectivity index (χ4v) is 1.03. The van der Waals surface area contributed by atoms with Crippen LogP contribution in [-0.4, -0.2) is 22.9 Å². The summed E-state index contributed by atoms with van der Waals surface area (Å²) in [6, 6.07) is 0. The number of hydrogen-bond acceptors (Lipinski definition) is 3. The average Bonchev–Trinajstić information content (AvgIpc) is 2.60. The van der Waals surface area contributed by atoms with Crippen LogP contribution in [0.1, 0.15) is 18.9 Å². The minimum Gasteiger partial charge on any atom is -0.377 e. The third-order valence-corrected chi connectivity index (χ3v) is 1.77. The molecule has 0 unspecified atom stereocenters. The second-order valence-corrected chi connectivity index (χ2v) is 2.90. The molecule has 0 amide bonds. The average molecular weight is 183 g/mol. The van der Waals surface area contributed by atoms with Crippen molar-refractivity contribution < 1.29 is 4.74 Å². The highest BCUT2D eigenvalue weighted by Gasteiger charge is 1.96. The van der Waals surface area contributed by atoms with Crippen molar-refractivity contribution in [2.24, 2.45) is 5.73 Å². The summed E-state index contributed by atoms with van der Waals surface area (Å²) in [5.74, 6) is 0. The van der Waals surface area contributed by atoms with E-state index in [9.17, 15) is 0 Å². The zero-order valence-electron chi connectivity index (χ0n) is 8.07. The lowest BCUT2D eigenvalue weighted by Gasteiger charge is -1.99. The van der Waals surface area contributed by atoms with Gasteiger partial charge in [-0.3, -0.25) is 4.68 Å². The van der Waals surface area contributed by atoms with Gasteiger partial charge in [-0.05, 0) is 19.9 Å². The van der Waals surface area contributed by atoms with Crippen molar-refractivity contribution in [3.05, 3.63) is 18.0 Å². The summed E-state index contributed by atoms with van der Waals surface area (Å²) >= 11 is 0. The number of rotatable bonds is 6. The van der Waals surface area contributed by atoms with Crippen molar-refractivity contribution >= 4 is 0 Å². The molecule has 0 aromatic carbocycles. The number of hydrogen-bond donors (Lipinski definition) is 1. The molecule has 0 bridgehead atoms. The highest BCUT2D eigenvalue weighted by molar-refractivity contribution is 5.01. The Kier molecular flexibility index (Phi) is 4.49. The van der Waals surface area contributed by atoms with Crippen LogP contribution in [0.25, 0.3) is 0 Å². The fourth-order valence-electron chi connectivity index (χ4n) is 1.03. The van der Waals surface area contributed by atoms with E-state index in [4.69, 9.17) is 10.5 Å². The van der Waals surface area contributed by atoms with Crippen LogP contribution in [0.5, 0.6) is 0 Å². The van der Waals surface area contributed by atoms with Gasteiger partial charge < -0.3 is 10.5 Å². The smallest absolute Gasteiger partial charge is 0.0747 e. The topological polar surface area (TPSA) is 53.1 Å². The summed E-state index contributed by atoms with van der Waals surface area (Å²) in [6.45, 7) is 5.02. The number of ether oxygens (including phenoxy) is 1. The first-order valence-corrected chi connectivity index (χ1v) is 4.66. The predicted molar refractivity (Wildman–Crippen MR) is 51.2 cm³/mol. The standard InChI is InChI=1S/C9H17N3O/c1-2-12-7-9(6-11-12)8-13-5-3-4-10/h6-7H,2-5,8,10H2,1H3. The fraction of sp³-hybridized carbons (Fsp3) is 0.667. The molecule has 0 fully saturated rings. The second kappa shape index (κ2) is 5.72. The summed E-state index contributed by atoms with van der Waals surface area (Å²) in [6.07, 6.45) is 4.76. The van der Waals surface area contributed by atoms with Gasteiger partial charge in [0.2, 0.25) is 0 Å². The Morgan fingerprint density at radius 2 is 2.46 bits per heavy atom. The largest absolute Gasteiger partial charge is 0.377 e. The molecule has 0 aliphatic rings. The van der Waals surface area contributed by atoms with Crippen molar-refractivity contribution in [3.63, 3.8) is 0 Å². The number of nitrogens with two attached hydrogens (primary N) is 1. The third-order valence-electron chi connectivity index (χ3n) is 1.77. The van der Waals surface area contributed by atoms with Crippen molar-refractivity contribution in [2.75, 3.05) is 13.2 Å². The molecule has 13 heavy (non-hydrogen) atoms. The third kappa shape index (κ3) is 3.57. The van der Waals surface area contributed by atoms with E-state index in [1.165, 1.54) is 0 Å². The Hall–Kier alpha value is -0.870. The van der Waals surface area contributed by atoms with E-state index in [0.29, 0.717) is 13.2 Å². The summed E-state index contributed by atoms with van der Waals surface area (Å²) in [5.41, 5.74) is 6.46. The zero-order chi connectivity index (χ0) is 9.52. The molecule has 1 rings (SSSR count). The SMILES string of the molecule is CCn1cc(COCCCN)cn1. The first-order chi connectivity index (χ1) is 6.36. The molecule has 0 atom stereocenters. The van der Waals surface area contributed by atoms with Gasteiger partial charge in [0, 0.05) is 24.9 Å². The maximum Gasteiger partial charge on any atom is 0.0747 e. The summed E-state index contributed by atoms with van der Waals surface area (Å²) in [5, 5.41) is 4.15. The quantitative estimate of drug-likeness (QED) is 0.663. The molecule has 0 saturated heterocycles. The first-order valence-electron chi connectivity index (χ1n) is 4.66. The number of aromatic nitrogens is 2. The lowest BCUT2D eigenvalue weighted by Crippen LogP contribution is -2.04. The van der Waals surface area contributed by atoms with Gasteiger partial charge in [-0.2, -0.15) is 5.10 Å². The van der Waals surface area contributed by atoms with Crippen LogP contribution in [0.2, 0.25) is 0 Å². The molecule has 1 aromatic rings. The molecule has 0 saturated carbocycles. The Morgan fingerprint density at radius 3 is 3.08 bits per heavy atom. The molecule has 0 spiro atoms. The van der Waals surface area contributed by atoms with Crippen LogP contribution in [0.4, 0.5) is 0 Å². The molecular weight excluding hydrogens is 166 g/mol. The molecule has 4 nitrogen and oxygen atoms in total. The van der Waals surface area contributed by atoms with Gasteiger partial charge in [0.25, 0.3) is 0 Å². The predicted octanol–water partition coefficient (Wildman–Crippen LogP) is 0.768. The van der Waals surface area contributed by atoms with Gasteiger partial charge in [0.05, 0.1) is 12.8 Å². The molecule has 0 radical (unpaired) electrons. The van der Waals surface area contributed by atoms with Crippen LogP contribution in [-0.2, 0) is 17.9 Å². The molecule has 0 aliphatic heterocycles. The van der Waals surface area contributed by atoms with Crippen molar-refractivity contribution in [3.8, 4) is 0 Å². The van der Waals surface area contributed by atoms with E-state index in [1.54, 1.807) is 0 Å². The molecule has 1 aromatic heterocycles. The van der Waals surface area contributed by atoms with E-state index < -0.39 is 0 Å². The van der Waals surface area contributed by atoms with E-state index in [1.807, 2.05) is 17.1 Å². The van der Waals surface area contributed by atoms with E-state index in [-0.39, 0.29) is 0 Å². The highest BCUT2D eigenvalue weighted by Crippen LogP contribution is 1.99. The maximum absolute atomic E-state index is 5.38.